The molecule has 1 rings (SSSR count). The predicted octanol–water partition coefficient (Wildman–Crippen LogP) is 1.35. The van der Waals surface area contributed by atoms with E-state index in [-0.39, 0.29) is 0 Å². The third-order valence-corrected chi connectivity index (χ3v) is 1.20. The van der Waals surface area contributed by atoms with Gasteiger partial charge >= 0.3 is 0 Å². The molecule has 3 nitrogen and oxygen atoms in total. The van der Waals surface area contributed by atoms with Crippen LogP contribution in [0.3, 0.4) is 0 Å². The van der Waals surface area contributed by atoms with Crippen molar-refractivity contribution >= 4 is 0 Å². The SMILES string of the molecule is CCOc1ccncc1C#N. The summed E-state index contributed by atoms with van der Waals surface area (Å²) in [4.78, 5) is 3.80. The molecule has 1 heterocycles. The molecule has 0 atom stereocenters. The highest BCUT2D eigenvalue weighted by molar-refractivity contribution is 5.39. The lowest BCUT2D eigenvalue weighted by Gasteiger charge is -2.02. The largest absolute Gasteiger partial charge is 0.492 e. The summed E-state index contributed by atoms with van der Waals surface area (Å²) < 4.78 is 5.17. The van der Waals surface area contributed by atoms with Crippen LogP contribution in [-0.2, 0) is 0 Å². The number of ether oxygens (including phenoxy) is 1. The lowest BCUT2D eigenvalue weighted by Crippen LogP contribution is -1.94. The van der Waals surface area contributed by atoms with Crippen molar-refractivity contribution in [1.82, 2.24) is 4.98 Å². The van der Waals surface area contributed by atoms with Crippen LogP contribution in [0.25, 0.3) is 0 Å². The Bertz CT molecular complexity index is 278. The van der Waals surface area contributed by atoms with E-state index in [2.05, 4.69) is 4.98 Å². The fraction of sp³-hybridized carbons (Fsp3) is 0.250. The van der Waals surface area contributed by atoms with Crippen LogP contribution in [-0.4, -0.2) is 11.6 Å². The Balaban J connectivity index is 2.95. The molecule has 0 saturated heterocycles. The first-order chi connectivity index (χ1) is 5.38. The highest BCUT2D eigenvalue weighted by Crippen LogP contribution is 2.14. The van der Waals surface area contributed by atoms with Gasteiger partial charge in [0.05, 0.1) is 6.61 Å². The van der Waals surface area contributed by atoms with Gasteiger partial charge < -0.3 is 4.74 Å². The summed E-state index contributed by atoms with van der Waals surface area (Å²) in [5.74, 6) is 0.602. The molecular weight excluding hydrogens is 140 g/mol. The molecule has 1 aromatic rings. The Hall–Kier alpha value is -1.56. The maximum atomic E-state index is 8.58. The molecule has 3 heteroatoms. The minimum absolute atomic E-state index is 0.481. The van der Waals surface area contributed by atoms with Crippen molar-refractivity contribution in [2.24, 2.45) is 0 Å². The molecule has 0 bridgehead atoms. The molecule has 0 aliphatic heterocycles. The molecule has 11 heavy (non-hydrogen) atoms. The number of nitrogens with zero attached hydrogens (tertiary/aromatic N) is 2. The Morgan fingerprint density at radius 3 is 3.18 bits per heavy atom. The highest BCUT2D eigenvalue weighted by atomic mass is 16.5. The van der Waals surface area contributed by atoms with E-state index in [0.29, 0.717) is 17.9 Å². The van der Waals surface area contributed by atoms with E-state index in [4.69, 9.17) is 10.00 Å². The highest BCUT2D eigenvalue weighted by Gasteiger charge is 1.99. The zero-order chi connectivity index (χ0) is 8.10. The van der Waals surface area contributed by atoms with Crippen molar-refractivity contribution in [2.45, 2.75) is 6.92 Å². The smallest absolute Gasteiger partial charge is 0.140 e. The number of rotatable bonds is 2. The van der Waals surface area contributed by atoms with E-state index in [9.17, 15) is 0 Å². The average Bonchev–Trinajstić information content (AvgIpc) is 2.06. The molecule has 0 aliphatic carbocycles. The van der Waals surface area contributed by atoms with Crippen molar-refractivity contribution in [3.8, 4) is 11.8 Å². The van der Waals surface area contributed by atoms with E-state index in [1.54, 1.807) is 12.3 Å². The van der Waals surface area contributed by atoms with Gasteiger partial charge in [-0.2, -0.15) is 5.26 Å². The van der Waals surface area contributed by atoms with Crippen LogP contribution in [0.5, 0.6) is 5.75 Å². The van der Waals surface area contributed by atoms with Gasteiger partial charge in [0.2, 0.25) is 0 Å². The molecule has 0 unspecified atom stereocenters. The Kier molecular flexibility index (Phi) is 2.45. The second kappa shape index (κ2) is 3.57. The summed E-state index contributed by atoms with van der Waals surface area (Å²) in [6.07, 6.45) is 3.09. The number of aromatic nitrogens is 1. The van der Waals surface area contributed by atoms with E-state index in [0.717, 1.165) is 0 Å². The van der Waals surface area contributed by atoms with Gasteiger partial charge in [-0.25, -0.2) is 0 Å². The van der Waals surface area contributed by atoms with Crippen LogP contribution in [0.2, 0.25) is 0 Å². The average molecular weight is 148 g/mol. The van der Waals surface area contributed by atoms with Crippen LogP contribution in [0, 0.1) is 11.3 Å². The minimum atomic E-state index is 0.481. The van der Waals surface area contributed by atoms with Gasteiger partial charge in [-0.15, -0.1) is 0 Å². The van der Waals surface area contributed by atoms with E-state index in [1.165, 1.54) is 6.20 Å². The van der Waals surface area contributed by atoms with Gasteiger partial charge in [-0.05, 0) is 13.0 Å². The summed E-state index contributed by atoms with van der Waals surface area (Å²) in [5, 5.41) is 8.58. The monoisotopic (exact) mass is 148 g/mol. The molecule has 0 aliphatic rings. The maximum Gasteiger partial charge on any atom is 0.140 e. The summed E-state index contributed by atoms with van der Waals surface area (Å²) in [5.41, 5.74) is 0.481. The fourth-order valence-electron chi connectivity index (χ4n) is 0.747. The number of hydrogen-bond acceptors (Lipinski definition) is 3. The second-order valence-electron chi connectivity index (χ2n) is 1.92. The van der Waals surface area contributed by atoms with Crippen molar-refractivity contribution in [2.75, 3.05) is 6.61 Å². The van der Waals surface area contributed by atoms with Gasteiger partial charge in [0, 0.05) is 12.4 Å². The van der Waals surface area contributed by atoms with Gasteiger partial charge in [0.15, 0.2) is 0 Å². The van der Waals surface area contributed by atoms with Crippen LogP contribution >= 0.6 is 0 Å². The fourth-order valence-corrected chi connectivity index (χ4v) is 0.747. The summed E-state index contributed by atoms with van der Waals surface area (Å²) >= 11 is 0. The summed E-state index contributed by atoms with van der Waals surface area (Å²) in [6, 6.07) is 3.68. The molecule has 0 N–H and O–H groups in total. The van der Waals surface area contributed by atoms with Crippen LogP contribution in [0.15, 0.2) is 18.5 Å². The zero-order valence-corrected chi connectivity index (χ0v) is 6.24. The normalized spacial score (nSPS) is 8.73. The molecule has 0 spiro atoms. The molecule has 1 aromatic heterocycles. The summed E-state index contributed by atoms with van der Waals surface area (Å²) in [6.45, 7) is 2.44. The molecule has 0 amide bonds. The zero-order valence-electron chi connectivity index (χ0n) is 6.24. The van der Waals surface area contributed by atoms with E-state index >= 15 is 0 Å². The van der Waals surface area contributed by atoms with Gasteiger partial charge in [0.25, 0.3) is 0 Å². The van der Waals surface area contributed by atoms with E-state index < -0.39 is 0 Å². The first kappa shape index (κ1) is 7.55. The second-order valence-corrected chi connectivity index (χ2v) is 1.92. The van der Waals surface area contributed by atoms with Crippen LogP contribution < -0.4 is 4.74 Å². The number of hydrogen-bond donors (Lipinski definition) is 0. The minimum Gasteiger partial charge on any atom is -0.492 e. The van der Waals surface area contributed by atoms with Gasteiger partial charge in [-0.1, -0.05) is 0 Å². The van der Waals surface area contributed by atoms with Crippen LogP contribution in [0.4, 0.5) is 0 Å². The van der Waals surface area contributed by atoms with Crippen molar-refractivity contribution in [1.29, 1.82) is 5.26 Å². The third-order valence-electron chi connectivity index (χ3n) is 1.20. The van der Waals surface area contributed by atoms with Gasteiger partial charge in [-0.3, -0.25) is 4.98 Å². The van der Waals surface area contributed by atoms with Crippen LogP contribution in [0.1, 0.15) is 12.5 Å². The molecule has 0 saturated carbocycles. The molecule has 0 aromatic carbocycles. The number of pyridine rings is 1. The molecule has 56 valence electrons. The third kappa shape index (κ3) is 1.68. The molecule has 0 radical (unpaired) electrons. The molecular formula is C8H8N2O. The van der Waals surface area contributed by atoms with Gasteiger partial charge in [0.1, 0.15) is 17.4 Å². The standard InChI is InChI=1S/C8H8N2O/c1-2-11-8-3-4-10-6-7(8)5-9/h3-4,6H,2H2,1H3. The Labute approximate surface area is 65.3 Å². The quantitative estimate of drug-likeness (QED) is 0.636. The Morgan fingerprint density at radius 2 is 2.55 bits per heavy atom. The summed E-state index contributed by atoms with van der Waals surface area (Å²) in [7, 11) is 0. The molecule has 0 fully saturated rings. The van der Waals surface area contributed by atoms with Crippen molar-refractivity contribution in [3.05, 3.63) is 24.0 Å². The lowest BCUT2D eigenvalue weighted by atomic mass is 10.3. The lowest BCUT2D eigenvalue weighted by molar-refractivity contribution is 0.339. The van der Waals surface area contributed by atoms with Crippen molar-refractivity contribution in [3.63, 3.8) is 0 Å². The van der Waals surface area contributed by atoms with Crippen molar-refractivity contribution < 1.29 is 4.74 Å². The number of nitriles is 1. The topological polar surface area (TPSA) is 45.9 Å². The first-order valence-corrected chi connectivity index (χ1v) is 3.35. The Morgan fingerprint density at radius 1 is 1.73 bits per heavy atom. The predicted molar refractivity (Wildman–Crippen MR) is 40.1 cm³/mol. The first-order valence-electron chi connectivity index (χ1n) is 3.35. The van der Waals surface area contributed by atoms with E-state index in [1.807, 2.05) is 13.0 Å². The maximum absolute atomic E-state index is 8.58.